The molecule has 8 aliphatic carbocycles. The third-order valence-corrected chi connectivity index (χ3v) is 28.1. The topological polar surface area (TPSA) is 318 Å². The highest BCUT2D eigenvalue weighted by Gasteiger charge is 2.69. The minimum Gasteiger partial charge on any atom is -0.466 e. The molecule has 0 aromatic carbocycles. The fraction of sp³-hybridized carbons (Fsp3) is 0.939. The molecule has 0 saturated heterocycles. The van der Waals surface area contributed by atoms with E-state index in [4.69, 9.17) is 67.6 Å². The zero-order valence-electron chi connectivity index (χ0n) is 65.0. The number of amides is 1. The van der Waals surface area contributed by atoms with Gasteiger partial charge in [-0.05, 0) is 230 Å². The van der Waals surface area contributed by atoms with Gasteiger partial charge in [-0.15, -0.1) is 0 Å². The van der Waals surface area contributed by atoms with Crippen LogP contribution >= 0.6 is 0 Å². The molecule has 0 aliphatic heterocycles. The van der Waals surface area contributed by atoms with Crippen LogP contribution in [0.25, 0.3) is 0 Å². The van der Waals surface area contributed by atoms with E-state index in [2.05, 4.69) is 60.7 Å². The molecule has 0 heterocycles. The number of unbranched alkanes of at least 4 members (excludes halogenated alkanes) is 10. The van der Waals surface area contributed by atoms with Crippen LogP contribution in [0.2, 0.25) is 0 Å². The molecule has 8 saturated carbocycles. The number of carbonyl (C=O) groups excluding carboxylic acids is 5. The second-order valence-electron chi connectivity index (χ2n) is 34.1. The first-order valence-electron chi connectivity index (χ1n) is 41.7. The summed E-state index contributed by atoms with van der Waals surface area (Å²) in [5.74, 6) is 3.48. The molecule has 8 aliphatic rings. The summed E-state index contributed by atoms with van der Waals surface area (Å²) in [7, 11) is 0. The number of ether oxygens (including phenoxy) is 7. The van der Waals surface area contributed by atoms with Gasteiger partial charge in [-0.25, -0.2) is 0 Å². The van der Waals surface area contributed by atoms with Gasteiger partial charge in [0.25, 0.3) is 0 Å². The smallest absolute Gasteiger partial charge is 0.307 e. The Balaban J connectivity index is 0.000000284. The Morgan fingerprint density at radius 1 is 0.416 bits per heavy atom. The standard InChI is InChI=1S/C41H78N4O4.C41H71N3O8/c1-5-6-7-8-9-10-23-45-38(46)17-14-30(2)33-15-16-34-39-35(29-37(41(33,34)4)49-26-13-22-44)40(3)19-18-32(47-24-11-20-42)27-31(40)28-36(39)48-25-12-21-43;1-5-6-7-8-9-10-23-49-35(45)14-11-27(2)30-12-13-31-39-32(26-34(41(30,31)4)52-38(48)18-22-44)40(3)19-15-29(50-36(46)16-20-42)24-28(40)25-33(39)51-37(47)17-21-43/h30-37,39H,5-29,42-44H2,1-4H3,(H,45,46);27-34,39H,5-26,42-44H2,1-4H3/t30-,31+,32-,33-,34+,35+,36-,37+,39+,40+,41-;27-,28+,29-,30-,31+,32+,33-,34+,39+,40+,41-/m11/s1. The van der Waals surface area contributed by atoms with Crippen LogP contribution in [0.3, 0.4) is 0 Å². The Morgan fingerprint density at radius 2 is 0.881 bits per heavy atom. The van der Waals surface area contributed by atoms with Gasteiger partial charge in [-0.1, -0.05) is 120 Å². The van der Waals surface area contributed by atoms with Gasteiger partial charge in [-0.3, -0.25) is 24.0 Å². The third-order valence-electron chi connectivity index (χ3n) is 28.1. The molecule has 0 aromatic heterocycles. The van der Waals surface area contributed by atoms with E-state index in [1.54, 1.807) is 0 Å². The van der Waals surface area contributed by atoms with Crippen molar-refractivity contribution in [3.8, 4) is 0 Å². The number of rotatable bonds is 43. The Hall–Kier alpha value is -3.01. The summed E-state index contributed by atoms with van der Waals surface area (Å²) < 4.78 is 44.6. The van der Waals surface area contributed by atoms with Crippen molar-refractivity contribution in [3.63, 3.8) is 0 Å². The molecule has 8 fully saturated rings. The highest BCUT2D eigenvalue weighted by atomic mass is 16.6. The summed E-state index contributed by atoms with van der Waals surface area (Å²) in [5.41, 5.74) is 34.8. The molecule has 0 unspecified atom stereocenters. The Labute approximate surface area is 611 Å². The van der Waals surface area contributed by atoms with Crippen LogP contribution in [0.4, 0.5) is 0 Å². The number of esters is 4. The number of hydrogen-bond acceptors (Lipinski definition) is 18. The highest BCUT2D eigenvalue weighted by molar-refractivity contribution is 5.75. The first-order chi connectivity index (χ1) is 48.7. The maximum absolute atomic E-state index is 13.2. The van der Waals surface area contributed by atoms with E-state index in [9.17, 15) is 24.0 Å². The van der Waals surface area contributed by atoms with Gasteiger partial charge in [0.05, 0.1) is 44.2 Å². The minimum atomic E-state index is -0.371. The fourth-order valence-corrected chi connectivity index (χ4v) is 22.6. The van der Waals surface area contributed by atoms with Crippen molar-refractivity contribution in [2.24, 2.45) is 127 Å². The Bertz CT molecular complexity index is 2460. The number of fused-ring (bicyclic) bond motifs is 10. The second-order valence-corrected chi connectivity index (χ2v) is 34.1. The van der Waals surface area contributed by atoms with E-state index in [0.717, 1.165) is 123 Å². The molecular formula is C82H149N7O12. The lowest BCUT2D eigenvalue weighted by Crippen LogP contribution is -2.63. The van der Waals surface area contributed by atoms with Crippen molar-refractivity contribution >= 4 is 29.8 Å². The molecule has 22 atom stereocenters. The summed E-state index contributed by atoms with van der Waals surface area (Å²) in [6, 6.07) is 0. The van der Waals surface area contributed by atoms with Gasteiger partial charge < -0.3 is 72.9 Å². The van der Waals surface area contributed by atoms with Crippen LogP contribution in [0, 0.1) is 92.7 Å². The Kier molecular flexibility index (Phi) is 35.9. The molecule has 0 bridgehead atoms. The van der Waals surface area contributed by atoms with Gasteiger partial charge in [0, 0.05) is 75.6 Å². The van der Waals surface area contributed by atoms with Crippen LogP contribution in [0.1, 0.15) is 287 Å². The zero-order valence-corrected chi connectivity index (χ0v) is 65.0. The molecule has 0 spiro atoms. The fourth-order valence-electron chi connectivity index (χ4n) is 22.6. The van der Waals surface area contributed by atoms with Crippen molar-refractivity contribution in [1.82, 2.24) is 5.32 Å². The van der Waals surface area contributed by atoms with Gasteiger partial charge in [0.1, 0.15) is 18.3 Å². The number of hydrogen-bond donors (Lipinski definition) is 7. The summed E-state index contributed by atoms with van der Waals surface area (Å²) in [5, 5.41) is 3.23. The minimum absolute atomic E-state index is 0.0609. The van der Waals surface area contributed by atoms with Crippen LogP contribution < -0.4 is 39.7 Å². The van der Waals surface area contributed by atoms with E-state index >= 15 is 0 Å². The third kappa shape index (κ3) is 22.1. The molecule has 19 heteroatoms. The maximum Gasteiger partial charge on any atom is 0.307 e. The SMILES string of the molecule is CCCCCCCCNC(=O)CC[C@@H](C)[C@H]1CC[C@H]2[C@@H]3[C@H](OCCCN)C[C@@H]4C[C@H](OCCCN)CC[C@]4(C)[C@H]3C[C@H](OCCCN)[C@]12C.CCCCCCCCOC(=O)CC[C@@H](C)[C@H]1CC[C@H]2[C@@H]3[C@H](OC(=O)CCN)C[C@@H]4C[C@H](OC(=O)CCN)CC[C@]4(C)[C@H]3C[C@H](OC(=O)CCN)[C@]12C. The molecule has 584 valence electrons. The predicted molar refractivity (Wildman–Crippen MR) is 400 cm³/mol. The first-order valence-corrected chi connectivity index (χ1v) is 41.7. The summed E-state index contributed by atoms with van der Waals surface area (Å²) in [6.45, 7) is 25.2. The molecular weight excluding hydrogens is 1270 g/mol. The van der Waals surface area contributed by atoms with Gasteiger partial charge in [0.15, 0.2) is 0 Å². The average molecular weight is 1430 g/mol. The van der Waals surface area contributed by atoms with E-state index in [1.807, 2.05) is 0 Å². The van der Waals surface area contributed by atoms with Gasteiger partial charge in [0.2, 0.25) is 5.91 Å². The van der Waals surface area contributed by atoms with Crippen molar-refractivity contribution in [3.05, 3.63) is 0 Å². The maximum atomic E-state index is 13.2. The van der Waals surface area contributed by atoms with Crippen molar-refractivity contribution in [2.45, 2.75) is 323 Å². The number of nitrogens with one attached hydrogen (secondary N) is 1. The number of carbonyl (C=O) groups is 5. The normalized spacial score (nSPS) is 35.2. The van der Waals surface area contributed by atoms with Gasteiger partial charge >= 0.3 is 23.9 Å². The van der Waals surface area contributed by atoms with Crippen LogP contribution in [0.15, 0.2) is 0 Å². The van der Waals surface area contributed by atoms with Gasteiger partial charge in [-0.2, -0.15) is 0 Å². The monoisotopic (exact) mass is 1420 g/mol. The van der Waals surface area contributed by atoms with Crippen LogP contribution in [0.5, 0.6) is 0 Å². The molecule has 13 N–H and O–H groups in total. The molecule has 0 radical (unpaired) electrons. The summed E-state index contributed by atoms with van der Waals surface area (Å²) in [4.78, 5) is 64.5. The van der Waals surface area contributed by atoms with Crippen molar-refractivity contribution < 1.29 is 57.1 Å². The predicted octanol–water partition coefficient (Wildman–Crippen LogP) is 12.9. The molecule has 0 aromatic rings. The molecule has 8 rings (SSSR count). The Morgan fingerprint density at radius 3 is 1.46 bits per heavy atom. The van der Waals surface area contributed by atoms with E-state index in [0.29, 0.717) is 106 Å². The average Bonchev–Trinajstić information content (AvgIpc) is 1.69. The molecule has 101 heavy (non-hydrogen) atoms. The quantitative estimate of drug-likeness (QED) is 0.0169. The zero-order chi connectivity index (χ0) is 73.2. The van der Waals surface area contributed by atoms with Crippen LogP contribution in [-0.4, -0.2) is 139 Å². The summed E-state index contributed by atoms with van der Waals surface area (Å²) in [6.07, 6.45) is 34.0. The lowest BCUT2D eigenvalue weighted by atomic mass is 9.43. The summed E-state index contributed by atoms with van der Waals surface area (Å²) >= 11 is 0. The lowest BCUT2D eigenvalue weighted by Gasteiger charge is -2.65. The lowest BCUT2D eigenvalue weighted by molar-refractivity contribution is -0.227. The number of nitrogens with two attached hydrogens (primary N) is 6. The van der Waals surface area contributed by atoms with E-state index in [1.165, 1.54) is 77.0 Å². The van der Waals surface area contributed by atoms with Crippen molar-refractivity contribution in [1.29, 1.82) is 0 Å². The molecule has 1 amide bonds. The van der Waals surface area contributed by atoms with E-state index in [-0.39, 0.29) is 156 Å². The molecule has 19 nitrogen and oxygen atoms in total. The second kappa shape index (κ2) is 42.5. The highest BCUT2D eigenvalue weighted by Crippen LogP contribution is 2.71. The largest absolute Gasteiger partial charge is 0.466 e. The van der Waals surface area contributed by atoms with E-state index < -0.39 is 0 Å². The first kappa shape index (κ1) is 85.2. The van der Waals surface area contributed by atoms with Crippen molar-refractivity contribution in [2.75, 3.05) is 72.2 Å². The van der Waals surface area contributed by atoms with Crippen LogP contribution in [-0.2, 0) is 57.1 Å².